The van der Waals surface area contributed by atoms with Crippen molar-refractivity contribution in [3.63, 3.8) is 0 Å². The lowest BCUT2D eigenvalue weighted by Gasteiger charge is -2.44. The summed E-state index contributed by atoms with van der Waals surface area (Å²) in [7, 11) is 0. The highest BCUT2D eigenvalue weighted by Gasteiger charge is 2.41. The third-order valence-corrected chi connectivity index (χ3v) is 6.27. The van der Waals surface area contributed by atoms with Crippen LogP contribution in [0.4, 0.5) is 0 Å². The fourth-order valence-electron chi connectivity index (χ4n) is 4.41. The van der Waals surface area contributed by atoms with Crippen molar-refractivity contribution >= 4 is 0 Å². The molecule has 2 nitrogen and oxygen atoms in total. The molecular weight excluding hydrogens is 296 g/mol. The second-order valence-electron chi connectivity index (χ2n) is 9.19. The van der Waals surface area contributed by atoms with E-state index in [0.29, 0.717) is 0 Å². The zero-order chi connectivity index (χ0) is 17.8. The van der Waals surface area contributed by atoms with Crippen LogP contribution in [-0.2, 0) is 32.5 Å². The Hall–Kier alpha value is -0.860. The number of hydrogen-bond donors (Lipinski definition) is 0. The minimum absolute atomic E-state index is 0.211. The molecule has 0 unspecified atom stereocenters. The van der Waals surface area contributed by atoms with Gasteiger partial charge in [0.25, 0.3) is 0 Å². The van der Waals surface area contributed by atoms with E-state index in [-0.39, 0.29) is 16.9 Å². The van der Waals surface area contributed by atoms with Crippen LogP contribution >= 0.6 is 0 Å². The van der Waals surface area contributed by atoms with Gasteiger partial charge < -0.3 is 9.47 Å². The van der Waals surface area contributed by atoms with E-state index in [9.17, 15) is 0 Å². The highest BCUT2D eigenvalue weighted by molar-refractivity contribution is 5.48. The standard InChI is InChI=1S/C22H34O2/c1-8-16-13-18-19(21(5,6)11-10-20(18,3)4)14-17(16)22(7)23-12-9-15(2)24-22/h13-15H,8-12H2,1-7H3/t15-,22+/m1/s1. The predicted octanol–water partition coefficient (Wildman–Crippen LogP) is 5.60. The molecule has 1 aromatic carbocycles. The van der Waals surface area contributed by atoms with E-state index in [2.05, 4.69) is 60.6 Å². The van der Waals surface area contributed by atoms with Gasteiger partial charge in [-0.1, -0.05) is 40.7 Å². The van der Waals surface area contributed by atoms with Gasteiger partial charge in [0.05, 0.1) is 12.7 Å². The van der Waals surface area contributed by atoms with Crippen LogP contribution in [0.15, 0.2) is 12.1 Å². The summed E-state index contributed by atoms with van der Waals surface area (Å²) in [4.78, 5) is 0. The summed E-state index contributed by atoms with van der Waals surface area (Å²) < 4.78 is 12.4. The quantitative estimate of drug-likeness (QED) is 0.703. The SMILES string of the molecule is CCc1cc2c(cc1[C@@]1(C)OCC[C@@H](C)O1)C(C)(C)CCC2(C)C. The zero-order valence-electron chi connectivity index (χ0n) is 16.6. The summed E-state index contributed by atoms with van der Waals surface area (Å²) in [6, 6.07) is 4.86. The lowest BCUT2D eigenvalue weighted by Crippen LogP contribution is -2.41. The molecule has 1 fully saturated rings. The fourth-order valence-corrected chi connectivity index (χ4v) is 4.41. The number of fused-ring (bicyclic) bond motifs is 1. The van der Waals surface area contributed by atoms with Gasteiger partial charge in [-0.3, -0.25) is 0 Å². The Morgan fingerprint density at radius 3 is 2.08 bits per heavy atom. The predicted molar refractivity (Wildman–Crippen MR) is 99.6 cm³/mol. The first-order valence-electron chi connectivity index (χ1n) is 9.59. The molecule has 0 amide bonds. The van der Waals surface area contributed by atoms with Crippen molar-refractivity contribution in [2.75, 3.05) is 6.61 Å². The van der Waals surface area contributed by atoms with Crippen molar-refractivity contribution in [2.45, 2.75) is 96.9 Å². The van der Waals surface area contributed by atoms with E-state index < -0.39 is 5.79 Å². The molecule has 24 heavy (non-hydrogen) atoms. The summed E-state index contributed by atoms with van der Waals surface area (Å²) in [6.45, 7) is 16.8. The first-order chi connectivity index (χ1) is 11.1. The molecule has 0 saturated carbocycles. The number of ether oxygens (including phenoxy) is 2. The lowest BCUT2D eigenvalue weighted by atomic mass is 9.62. The first kappa shape index (κ1) is 17.9. The highest BCUT2D eigenvalue weighted by atomic mass is 16.7. The van der Waals surface area contributed by atoms with E-state index in [1.54, 1.807) is 0 Å². The summed E-state index contributed by atoms with van der Waals surface area (Å²) in [5.74, 6) is -0.615. The summed E-state index contributed by atoms with van der Waals surface area (Å²) in [5, 5.41) is 0. The molecule has 2 heteroatoms. The second-order valence-corrected chi connectivity index (χ2v) is 9.19. The van der Waals surface area contributed by atoms with Crippen molar-refractivity contribution in [1.29, 1.82) is 0 Å². The molecule has 2 aliphatic rings. The molecule has 134 valence electrons. The maximum absolute atomic E-state index is 6.29. The molecule has 1 aromatic rings. The van der Waals surface area contributed by atoms with E-state index in [0.717, 1.165) is 19.4 Å². The Balaban J connectivity index is 2.18. The minimum Gasteiger partial charge on any atom is -0.346 e. The largest absolute Gasteiger partial charge is 0.346 e. The Labute approximate surface area is 147 Å². The smallest absolute Gasteiger partial charge is 0.192 e. The molecule has 1 saturated heterocycles. The average molecular weight is 331 g/mol. The zero-order valence-corrected chi connectivity index (χ0v) is 16.6. The van der Waals surface area contributed by atoms with E-state index in [4.69, 9.17) is 9.47 Å². The van der Waals surface area contributed by atoms with Crippen LogP contribution in [0, 0.1) is 0 Å². The van der Waals surface area contributed by atoms with Gasteiger partial charge >= 0.3 is 0 Å². The lowest BCUT2D eigenvalue weighted by molar-refractivity contribution is -0.289. The van der Waals surface area contributed by atoms with Gasteiger partial charge in [0.15, 0.2) is 5.79 Å². The van der Waals surface area contributed by atoms with Crippen LogP contribution in [0.3, 0.4) is 0 Å². The third kappa shape index (κ3) is 2.93. The Morgan fingerprint density at radius 2 is 1.54 bits per heavy atom. The van der Waals surface area contributed by atoms with Gasteiger partial charge in [-0.25, -0.2) is 0 Å². The highest BCUT2D eigenvalue weighted by Crippen LogP contribution is 2.48. The molecule has 1 heterocycles. The average Bonchev–Trinajstić information content (AvgIpc) is 2.50. The van der Waals surface area contributed by atoms with E-state index in [1.807, 2.05) is 0 Å². The number of benzene rings is 1. The van der Waals surface area contributed by atoms with E-state index >= 15 is 0 Å². The normalized spacial score (nSPS) is 31.5. The summed E-state index contributed by atoms with van der Waals surface area (Å²) in [5.41, 5.74) is 6.07. The molecule has 0 aromatic heterocycles. The molecule has 0 radical (unpaired) electrons. The Kier molecular flexibility index (Phi) is 4.37. The molecule has 0 bridgehead atoms. The fraction of sp³-hybridized carbons (Fsp3) is 0.727. The first-order valence-corrected chi connectivity index (χ1v) is 9.59. The Morgan fingerprint density at radius 1 is 0.958 bits per heavy atom. The molecule has 1 aliphatic carbocycles. The van der Waals surface area contributed by atoms with Gasteiger partial charge in [-0.05, 0) is 73.1 Å². The number of hydrogen-bond acceptors (Lipinski definition) is 2. The minimum atomic E-state index is -0.615. The molecule has 3 rings (SSSR count). The molecule has 1 aliphatic heterocycles. The van der Waals surface area contributed by atoms with Crippen LogP contribution < -0.4 is 0 Å². The van der Waals surface area contributed by atoms with Crippen LogP contribution in [0.25, 0.3) is 0 Å². The second kappa shape index (κ2) is 5.85. The monoisotopic (exact) mass is 330 g/mol. The van der Waals surface area contributed by atoms with Crippen molar-refractivity contribution < 1.29 is 9.47 Å². The van der Waals surface area contributed by atoms with Gasteiger partial charge in [-0.2, -0.15) is 0 Å². The van der Waals surface area contributed by atoms with Gasteiger partial charge in [-0.15, -0.1) is 0 Å². The topological polar surface area (TPSA) is 18.5 Å². The van der Waals surface area contributed by atoms with Gasteiger partial charge in [0.1, 0.15) is 0 Å². The summed E-state index contributed by atoms with van der Waals surface area (Å²) >= 11 is 0. The van der Waals surface area contributed by atoms with E-state index in [1.165, 1.54) is 35.1 Å². The van der Waals surface area contributed by atoms with Crippen LogP contribution in [0.5, 0.6) is 0 Å². The van der Waals surface area contributed by atoms with Crippen LogP contribution in [-0.4, -0.2) is 12.7 Å². The summed E-state index contributed by atoms with van der Waals surface area (Å²) in [6.07, 6.45) is 4.70. The van der Waals surface area contributed by atoms with Gasteiger partial charge in [0.2, 0.25) is 0 Å². The van der Waals surface area contributed by atoms with Crippen molar-refractivity contribution in [1.82, 2.24) is 0 Å². The molecule has 2 atom stereocenters. The molecule has 0 spiro atoms. The molecular formula is C22H34O2. The van der Waals surface area contributed by atoms with Gasteiger partial charge in [0, 0.05) is 5.56 Å². The van der Waals surface area contributed by atoms with Crippen LogP contribution in [0.2, 0.25) is 0 Å². The third-order valence-electron chi connectivity index (χ3n) is 6.27. The van der Waals surface area contributed by atoms with Crippen molar-refractivity contribution in [3.8, 4) is 0 Å². The molecule has 0 N–H and O–H groups in total. The van der Waals surface area contributed by atoms with Crippen LogP contribution in [0.1, 0.15) is 90.0 Å². The Bertz CT molecular complexity index is 629. The van der Waals surface area contributed by atoms with Crippen molar-refractivity contribution in [2.24, 2.45) is 0 Å². The number of aryl methyl sites for hydroxylation is 1. The number of rotatable bonds is 2. The maximum atomic E-state index is 6.29. The maximum Gasteiger partial charge on any atom is 0.192 e. The van der Waals surface area contributed by atoms with Crippen molar-refractivity contribution in [3.05, 3.63) is 34.4 Å².